The number of phenolic OH excluding ortho intramolecular Hbond substituents is 1. The molecule has 0 aromatic heterocycles. The molecular weight excluding hydrogens is 174 g/mol. The highest BCUT2D eigenvalue weighted by Crippen LogP contribution is 2.57. The molecule has 1 aromatic carbocycles. The summed E-state index contributed by atoms with van der Waals surface area (Å²) in [6, 6.07) is 7.80. The minimum Gasteiger partial charge on any atom is -0.508 e. The van der Waals surface area contributed by atoms with Crippen LogP contribution in [-0.2, 0) is 5.41 Å². The zero-order valence-corrected chi connectivity index (χ0v) is 8.16. The van der Waals surface area contributed by atoms with E-state index in [0.717, 1.165) is 19.0 Å². The van der Waals surface area contributed by atoms with Crippen molar-refractivity contribution in [3.63, 3.8) is 0 Å². The minimum atomic E-state index is 0.404. The van der Waals surface area contributed by atoms with E-state index in [1.807, 2.05) is 12.1 Å². The first kappa shape index (κ1) is 8.30. The van der Waals surface area contributed by atoms with Gasteiger partial charge in [-0.15, -0.1) is 0 Å². The van der Waals surface area contributed by atoms with Crippen LogP contribution in [0.2, 0.25) is 0 Å². The molecule has 2 heteroatoms. The van der Waals surface area contributed by atoms with Gasteiger partial charge in [0.15, 0.2) is 0 Å². The number of rotatable bonds is 1. The first-order valence-electron chi connectivity index (χ1n) is 5.31. The normalized spacial score (nSPS) is 35.0. The van der Waals surface area contributed by atoms with Gasteiger partial charge in [-0.3, -0.25) is 0 Å². The largest absolute Gasteiger partial charge is 0.508 e. The van der Waals surface area contributed by atoms with Crippen molar-refractivity contribution in [1.29, 1.82) is 0 Å². The summed E-state index contributed by atoms with van der Waals surface area (Å²) < 4.78 is 0. The number of nitrogens with one attached hydrogen (secondary N) is 1. The third-order valence-electron chi connectivity index (χ3n) is 3.79. The fourth-order valence-electron chi connectivity index (χ4n) is 2.86. The van der Waals surface area contributed by atoms with Gasteiger partial charge in [0.25, 0.3) is 0 Å². The molecule has 2 unspecified atom stereocenters. The summed E-state index contributed by atoms with van der Waals surface area (Å²) in [5, 5.41) is 12.9. The highest BCUT2D eigenvalue weighted by atomic mass is 16.3. The molecule has 1 aliphatic carbocycles. The van der Waals surface area contributed by atoms with Gasteiger partial charge in [-0.1, -0.05) is 12.1 Å². The summed E-state index contributed by atoms with van der Waals surface area (Å²) >= 11 is 0. The van der Waals surface area contributed by atoms with E-state index >= 15 is 0 Å². The van der Waals surface area contributed by atoms with Crippen molar-refractivity contribution in [2.75, 3.05) is 13.1 Å². The number of aromatic hydroxyl groups is 1. The van der Waals surface area contributed by atoms with Crippen LogP contribution in [0.1, 0.15) is 18.4 Å². The van der Waals surface area contributed by atoms with E-state index in [2.05, 4.69) is 11.4 Å². The average Bonchev–Trinajstić information content (AvgIpc) is 2.93. The molecule has 1 saturated carbocycles. The number of phenols is 1. The highest BCUT2D eigenvalue weighted by Gasteiger charge is 2.55. The Kier molecular flexibility index (Phi) is 1.62. The van der Waals surface area contributed by atoms with Gasteiger partial charge >= 0.3 is 0 Å². The van der Waals surface area contributed by atoms with Crippen LogP contribution in [0.5, 0.6) is 5.75 Å². The van der Waals surface area contributed by atoms with E-state index in [1.165, 1.54) is 18.4 Å². The number of hydrogen-bond acceptors (Lipinski definition) is 2. The molecule has 1 aromatic rings. The predicted molar refractivity (Wildman–Crippen MR) is 55.4 cm³/mol. The lowest BCUT2D eigenvalue weighted by molar-refractivity contribution is 0.439. The molecule has 1 heterocycles. The van der Waals surface area contributed by atoms with E-state index in [1.54, 1.807) is 6.07 Å². The van der Waals surface area contributed by atoms with Gasteiger partial charge in [0, 0.05) is 5.41 Å². The molecule has 2 fully saturated rings. The number of piperidine rings is 1. The first-order chi connectivity index (χ1) is 6.81. The monoisotopic (exact) mass is 189 g/mol. The van der Waals surface area contributed by atoms with Crippen LogP contribution < -0.4 is 5.32 Å². The fraction of sp³-hybridized carbons (Fsp3) is 0.500. The summed E-state index contributed by atoms with van der Waals surface area (Å²) in [6.07, 6.45) is 2.52. The Morgan fingerprint density at radius 1 is 1.43 bits per heavy atom. The van der Waals surface area contributed by atoms with E-state index in [4.69, 9.17) is 0 Å². The first-order valence-corrected chi connectivity index (χ1v) is 5.31. The Morgan fingerprint density at radius 3 is 3.14 bits per heavy atom. The SMILES string of the molecule is Oc1cccc(C23CCNCC2C3)c1. The molecule has 3 rings (SSSR count). The molecule has 2 nitrogen and oxygen atoms in total. The molecule has 0 spiro atoms. The second kappa shape index (κ2) is 2.74. The van der Waals surface area contributed by atoms with Crippen molar-refractivity contribution in [2.24, 2.45) is 5.92 Å². The molecule has 2 atom stereocenters. The lowest BCUT2D eigenvalue weighted by Gasteiger charge is -2.23. The maximum Gasteiger partial charge on any atom is 0.115 e. The number of benzene rings is 1. The molecule has 0 radical (unpaired) electrons. The van der Waals surface area contributed by atoms with Crippen molar-refractivity contribution in [3.05, 3.63) is 29.8 Å². The van der Waals surface area contributed by atoms with Gasteiger partial charge in [0.1, 0.15) is 5.75 Å². The highest BCUT2D eigenvalue weighted by molar-refractivity contribution is 5.39. The molecule has 0 bridgehead atoms. The molecule has 2 N–H and O–H groups in total. The van der Waals surface area contributed by atoms with Gasteiger partial charge in [-0.05, 0) is 49.5 Å². The molecule has 1 saturated heterocycles. The minimum absolute atomic E-state index is 0.404. The lowest BCUT2D eigenvalue weighted by atomic mass is 9.88. The molecule has 14 heavy (non-hydrogen) atoms. The Labute approximate surface area is 84.0 Å². The van der Waals surface area contributed by atoms with Gasteiger partial charge in [-0.2, -0.15) is 0 Å². The topological polar surface area (TPSA) is 32.3 Å². The molecule has 1 aliphatic heterocycles. The average molecular weight is 189 g/mol. The molecular formula is C12H15NO. The summed E-state index contributed by atoms with van der Waals surface area (Å²) in [7, 11) is 0. The summed E-state index contributed by atoms with van der Waals surface area (Å²) in [5.74, 6) is 1.21. The van der Waals surface area contributed by atoms with Crippen LogP contribution >= 0.6 is 0 Å². The second-order valence-corrected chi connectivity index (χ2v) is 4.56. The van der Waals surface area contributed by atoms with Crippen LogP contribution in [0.15, 0.2) is 24.3 Å². The van der Waals surface area contributed by atoms with Gasteiger partial charge in [-0.25, -0.2) is 0 Å². The van der Waals surface area contributed by atoms with E-state index < -0.39 is 0 Å². The summed E-state index contributed by atoms with van der Waals surface area (Å²) in [6.45, 7) is 2.27. The van der Waals surface area contributed by atoms with E-state index in [0.29, 0.717) is 11.2 Å². The Bertz CT molecular complexity index is 363. The third-order valence-corrected chi connectivity index (χ3v) is 3.79. The van der Waals surface area contributed by atoms with Crippen LogP contribution in [0.4, 0.5) is 0 Å². The van der Waals surface area contributed by atoms with Crippen LogP contribution in [0, 0.1) is 5.92 Å². The Morgan fingerprint density at radius 2 is 2.36 bits per heavy atom. The standard InChI is InChI=1S/C12H15NO/c14-11-3-1-2-9(6-11)12-4-5-13-8-10(12)7-12/h1-3,6,10,13-14H,4-5,7-8H2. The van der Waals surface area contributed by atoms with Gasteiger partial charge in [0.2, 0.25) is 0 Å². The van der Waals surface area contributed by atoms with Crippen molar-refractivity contribution >= 4 is 0 Å². The van der Waals surface area contributed by atoms with Crippen LogP contribution in [0.25, 0.3) is 0 Å². The zero-order valence-electron chi connectivity index (χ0n) is 8.16. The maximum absolute atomic E-state index is 9.46. The third kappa shape index (κ3) is 1.07. The lowest BCUT2D eigenvalue weighted by Crippen LogP contribution is -2.31. The number of fused-ring (bicyclic) bond motifs is 1. The van der Waals surface area contributed by atoms with E-state index in [9.17, 15) is 5.11 Å². The van der Waals surface area contributed by atoms with Crippen molar-refractivity contribution in [1.82, 2.24) is 5.32 Å². The Balaban J connectivity index is 1.95. The molecule has 74 valence electrons. The second-order valence-electron chi connectivity index (χ2n) is 4.56. The Hall–Kier alpha value is -1.02. The van der Waals surface area contributed by atoms with Crippen LogP contribution in [-0.4, -0.2) is 18.2 Å². The summed E-state index contributed by atoms with van der Waals surface area (Å²) in [4.78, 5) is 0. The maximum atomic E-state index is 9.46. The predicted octanol–water partition coefficient (Wildman–Crippen LogP) is 1.64. The van der Waals surface area contributed by atoms with Gasteiger partial charge < -0.3 is 10.4 Å². The van der Waals surface area contributed by atoms with Gasteiger partial charge in [0.05, 0.1) is 0 Å². The van der Waals surface area contributed by atoms with Crippen molar-refractivity contribution in [2.45, 2.75) is 18.3 Å². The molecule has 2 aliphatic rings. The fourth-order valence-corrected chi connectivity index (χ4v) is 2.86. The molecule has 0 amide bonds. The van der Waals surface area contributed by atoms with Crippen molar-refractivity contribution in [3.8, 4) is 5.75 Å². The van der Waals surface area contributed by atoms with Crippen LogP contribution in [0.3, 0.4) is 0 Å². The summed E-state index contributed by atoms with van der Waals surface area (Å²) in [5.41, 5.74) is 1.74. The number of hydrogen-bond donors (Lipinski definition) is 2. The quantitative estimate of drug-likeness (QED) is 0.704. The van der Waals surface area contributed by atoms with Crippen molar-refractivity contribution < 1.29 is 5.11 Å². The zero-order chi connectivity index (χ0) is 9.60. The smallest absolute Gasteiger partial charge is 0.115 e. The van der Waals surface area contributed by atoms with E-state index in [-0.39, 0.29) is 0 Å².